The molecule has 1 saturated heterocycles. The van der Waals surface area contributed by atoms with Crippen molar-refractivity contribution in [1.82, 2.24) is 10.2 Å². The Morgan fingerprint density at radius 1 is 1.41 bits per heavy atom. The number of nitrogens with one attached hydrogen (secondary N) is 1. The summed E-state index contributed by atoms with van der Waals surface area (Å²) in [5.74, 6) is 0.885. The van der Waals surface area contributed by atoms with E-state index in [9.17, 15) is 0 Å². The SMILES string of the molecule is CC1CCN(Cc2cccc3c2CCNC3)C1. The smallest absolute Gasteiger partial charge is 0.0236 e. The van der Waals surface area contributed by atoms with Gasteiger partial charge >= 0.3 is 0 Å². The summed E-state index contributed by atoms with van der Waals surface area (Å²) in [6.45, 7) is 8.28. The molecular formula is C15H22N2. The van der Waals surface area contributed by atoms with Crippen LogP contribution in [0, 0.1) is 5.92 Å². The highest BCUT2D eigenvalue weighted by atomic mass is 15.1. The quantitative estimate of drug-likeness (QED) is 0.837. The van der Waals surface area contributed by atoms with Crippen LogP contribution in [-0.2, 0) is 19.5 Å². The Labute approximate surface area is 104 Å². The Kier molecular flexibility index (Phi) is 3.17. The van der Waals surface area contributed by atoms with Gasteiger partial charge in [-0.1, -0.05) is 25.1 Å². The standard InChI is InChI=1S/C15H22N2/c1-12-6-8-17(10-12)11-14-4-2-3-13-9-16-7-5-15(13)14/h2-4,12,16H,5-11H2,1H3. The lowest BCUT2D eigenvalue weighted by atomic mass is 9.95. The van der Waals surface area contributed by atoms with Crippen molar-refractivity contribution in [3.05, 3.63) is 34.9 Å². The molecule has 1 atom stereocenters. The van der Waals surface area contributed by atoms with Crippen LogP contribution in [0.25, 0.3) is 0 Å². The van der Waals surface area contributed by atoms with E-state index in [1.165, 1.54) is 31.5 Å². The minimum atomic E-state index is 0.885. The van der Waals surface area contributed by atoms with Crippen molar-refractivity contribution in [2.24, 2.45) is 5.92 Å². The van der Waals surface area contributed by atoms with Crippen molar-refractivity contribution < 1.29 is 0 Å². The largest absolute Gasteiger partial charge is 0.312 e. The summed E-state index contributed by atoms with van der Waals surface area (Å²) < 4.78 is 0. The summed E-state index contributed by atoms with van der Waals surface area (Å²) >= 11 is 0. The van der Waals surface area contributed by atoms with Crippen molar-refractivity contribution in [3.8, 4) is 0 Å². The van der Waals surface area contributed by atoms with Crippen LogP contribution < -0.4 is 5.32 Å². The molecule has 1 aromatic carbocycles. The molecule has 0 radical (unpaired) electrons. The molecule has 0 amide bonds. The van der Waals surface area contributed by atoms with Crippen molar-refractivity contribution >= 4 is 0 Å². The van der Waals surface area contributed by atoms with Gasteiger partial charge in [0, 0.05) is 19.6 Å². The van der Waals surface area contributed by atoms with E-state index >= 15 is 0 Å². The van der Waals surface area contributed by atoms with Crippen LogP contribution in [0.4, 0.5) is 0 Å². The molecule has 92 valence electrons. The fourth-order valence-corrected chi connectivity index (χ4v) is 3.17. The zero-order valence-corrected chi connectivity index (χ0v) is 10.7. The predicted octanol–water partition coefficient (Wildman–Crippen LogP) is 2.17. The minimum Gasteiger partial charge on any atom is -0.312 e. The molecule has 0 aliphatic carbocycles. The van der Waals surface area contributed by atoms with Crippen molar-refractivity contribution in [2.75, 3.05) is 19.6 Å². The van der Waals surface area contributed by atoms with Gasteiger partial charge in [-0.15, -0.1) is 0 Å². The Morgan fingerprint density at radius 2 is 2.35 bits per heavy atom. The third-order valence-corrected chi connectivity index (χ3v) is 4.14. The molecule has 0 bridgehead atoms. The van der Waals surface area contributed by atoms with Crippen LogP contribution >= 0.6 is 0 Å². The van der Waals surface area contributed by atoms with E-state index in [1.54, 1.807) is 11.1 Å². The topological polar surface area (TPSA) is 15.3 Å². The number of benzene rings is 1. The molecular weight excluding hydrogens is 208 g/mol. The van der Waals surface area contributed by atoms with Gasteiger partial charge in [0.1, 0.15) is 0 Å². The highest BCUT2D eigenvalue weighted by Crippen LogP contribution is 2.23. The Morgan fingerprint density at radius 3 is 3.18 bits per heavy atom. The third kappa shape index (κ3) is 2.38. The van der Waals surface area contributed by atoms with Gasteiger partial charge in [-0.2, -0.15) is 0 Å². The first-order valence-electron chi connectivity index (χ1n) is 6.85. The highest BCUT2D eigenvalue weighted by molar-refractivity contribution is 5.37. The molecule has 0 aromatic heterocycles. The lowest BCUT2D eigenvalue weighted by Gasteiger charge is -2.23. The fraction of sp³-hybridized carbons (Fsp3) is 0.600. The van der Waals surface area contributed by atoms with Gasteiger partial charge in [0.25, 0.3) is 0 Å². The summed E-state index contributed by atoms with van der Waals surface area (Å²) in [7, 11) is 0. The van der Waals surface area contributed by atoms with Crippen LogP contribution in [0.1, 0.15) is 30.0 Å². The number of rotatable bonds is 2. The van der Waals surface area contributed by atoms with E-state index in [1.807, 2.05) is 0 Å². The molecule has 2 aliphatic heterocycles. The van der Waals surface area contributed by atoms with Crippen LogP contribution in [0.3, 0.4) is 0 Å². The van der Waals surface area contributed by atoms with Gasteiger partial charge in [-0.05, 0) is 48.5 Å². The second kappa shape index (κ2) is 4.79. The number of hydrogen-bond acceptors (Lipinski definition) is 2. The number of nitrogens with zero attached hydrogens (tertiary/aromatic N) is 1. The summed E-state index contributed by atoms with van der Waals surface area (Å²) in [4.78, 5) is 2.61. The summed E-state index contributed by atoms with van der Waals surface area (Å²) in [6.07, 6.45) is 2.57. The number of fused-ring (bicyclic) bond motifs is 1. The molecule has 0 spiro atoms. The lowest BCUT2D eigenvalue weighted by molar-refractivity contribution is 0.319. The van der Waals surface area contributed by atoms with E-state index < -0.39 is 0 Å². The monoisotopic (exact) mass is 230 g/mol. The Hall–Kier alpha value is -0.860. The van der Waals surface area contributed by atoms with Crippen molar-refractivity contribution in [2.45, 2.75) is 32.9 Å². The Bertz CT molecular complexity index is 400. The molecule has 1 N–H and O–H groups in total. The fourth-order valence-electron chi connectivity index (χ4n) is 3.17. The zero-order chi connectivity index (χ0) is 11.7. The van der Waals surface area contributed by atoms with E-state index in [4.69, 9.17) is 0 Å². The van der Waals surface area contributed by atoms with Gasteiger partial charge < -0.3 is 5.32 Å². The molecule has 3 rings (SSSR count). The second-order valence-corrected chi connectivity index (χ2v) is 5.61. The van der Waals surface area contributed by atoms with Gasteiger partial charge in [-0.3, -0.25) is 4.90 Å². The highest BCUT2D eigenvalue weighted by Gasteiger charge is 2.20. The average Bonchev–Trinajstić information content (AvgIpc) is 2.75. The van der Waals surface area contributed by atoms with Crippen LogP contribution in [0.2, 0.25) is 0 Å². The van der Waals surface area contributed by atoms with E-state index in [-0.39, 0.29) is 0 Å². The van der Waals surface area contributed by atoms with Crippen LogP contribution in [0.5, 0.6) is 0 Å². The summed E-state index contributed by atoms with van der Waals surface area (Å²) in [6, 6.07) is 6.82. The maximum absolute atomic E-state index is 3.46. The van der Waals surface area contributed by atoms with Gasteiger partial charge in [0.15, 0.2) is 0 Å². The van der Waals surface area contributed by atoms with Crippen LogP contribution in [0.15, 0.2) is 18.2 Å². The Balaban J connectivity index is 1.78. The molecule has 2 nitrogen and oxygen atoms in total. The van der Waals surface area contributed by atoms with Crippen molar-refractivity contribution in [3.63, 3.8) is 0 Å². The predicted molar refractivity (Wildman–Crippen MR) is 70.9 cm³/mol. The summed E-state index contributed by atoms with van der Waals surface area (Å²) in [5, 5.41) is 3.46. The number of hydrogen-bond donors (Lipinski definition) is 1. The van der Waals surface area contributed by atoms with Crippen LogP contribution in [-0.4, -0.2) is 24.5 Å². The lowest BCUT2D eigenvalue weighted by Crippen LogP contribution is -2.26. The maximum atomic E-state index is 3.46. The minimum absolute atomic E-state index is 0.885. The molecule has 2 aliphatic rings. The average molecular weight is 230 g/mol. The first kappa shape index (κ1) is 11.2. The van der Waals surface area contributed by atoms with E-state index in [2.05, 4.69) is 35.3 Å². The maximum Gasteiger partial charge on any atom is 0.0236 e. The van der Waals surface area contributed by atoms with Gasteiger partial charge in [-0.25, -0.2) is 0 Å². The molecule has 0 saturated carbocycles. The number of likely N-dealkylation sites (tertiary alicyclic amines) is 1. The van der Waals surface area contributed by atoms with Gasteiger partial charge in [0.2, 0.25) is 0 Å². The molecule has 2 heterocycles. The first-order valence-corrected chi connectivity index (χ1v) is 6.85. The summed E-state index contributed by atoms with van der Waals surface area (Å²) in [5.41, 5.74) is 4.70. The molecule has 17 heavy (non-hydrogen) atoms. The van der Waals surface area contributed by atoms with Crippen molar-refractivity contribution in [1.29, 1.82) is 0 Å². The third-order valence-electron chi connectivity index (χ3n) is 4.14. The normalized spacial score (nSPS) is 24.9. The van der Waals surface area contributed by atoms with Gasteiger partial charge in [0.05, 0.1) is 0 Å². The van der Waals surface area contributed by atoms with E-state index in [0.717, 1.165) is 25.6 Å². The molecule has 2 heteroatoms. The molecule has 1 unspecified atom stereocenters. The molecule has 1 aromatic rings. The zero-order valence-electron chi connectivity index (χ0n) is 10.7. The molecule has 1 fully saturated rings. The van der Waals surface area contributed by atoms with E-state index in [0.29, 0.717) is 0 Å². The first-order chi connectivity index (χ1) is 8.33. The second-order valence-electron chi connectivity index (χ2n) is 5.61.